The lowest BCUT2D eigenvalue weighted by Crippen LogP contribution is -2.42. The van der Waals surface area contributed by atoms with Crippen LogP contribution < -0.4 is 0 Å². The molecule has 1 aliphatic rings. The van der Waals surface area contributed by atoms with E-state index in [-0.39, 0.29) is 12.1 Å². The molecule has 0 aromatic heterocycles. The molecule has 0 fully saturated rings. The third kappa shape index (κ3) is 6.97. The average molecular weight is 335 g/mol. The van der Waals surface area contributed by atoms with E-state index in [0.29, 0.717) is 5.75 Å². The van der Waals surface area contributed by atoms with Crippen molar-refractivity contribution in [2.45, 2.75) is 37.8 Å². The first-order valence-corrected chi connectivity index (χ1v) is 10.3. The second-order valence-electron chi connectivity index (χ2n) is 4.84. The number of hydrogen-bond acceptors (Lipinski definition) is 6. The molecule has 1 aliphatic carbocycles. The minimum absolute atomic E-state index is 0.0256. The van der Waals surface area contributed by atoms with E-state index in [1.54, 1.807) is 33.1 Å². The Morgan fingerprint density at radius 2 is 2.00 bits per heavy atom. The topological polar surface area (TPSA) is 54.0 Å². The lowest BCUT2D eigenvalue weighted by molar-refractivity contribution is -0.144. The summed E-state index contributed by atoms with van der Waals surface area (Å²) in [6.45, 7) is 0. The van der Waals surface area contributed by atoms with Crippen LogP contribution >= 0.6 is 11.8 Å². The van der Waals surface area contributed by atoms with E-state index < -0.39 is 8.80 Å². The van der Waals surface area contributed by atoms with Crippen LogP contribution in [0.25, 0.3) is 0 Å². The van der Waals surface area contributed by atoms with Gasteiger partial charge in [-0.1, -0.05) is 6.08 Å². The molecule has 5 nitrogen and oxygen atoms in total. The summed E-state index contributed by atoms with van der Waals surface area (Å²) in [6, 6.07) is 0.754. The van der Waals surface area contributed by atoms with Crippen molar-refractivity contribution >= 4 is 26.5 Å². The van der Waals surface area contributed by atoms with Gasteiger partial charge in [0.2, 0.25) is 0 Å². The van der Waals surface area contributed by atoms with Gasteiger partial charge in [-0.15, -0.1) is 0 Å². The summed E-state index contributed by atoms with van der Waals surface area (Å²) in [5.74, 6) is 1.12. The minimum Gasteiger partial charge on any atom is -0.458 e. The van der Waals surface area contributed by atoms with Gasteiger partial charge < -0.3 is 18.0 Å². The lowest BCUT2D eigenvalue weighted by Gasteiger charge is -2.24. The first-order valence-electron chi connectivity index (χ1n) is 7.25. The molecule has 0 aromatic carbocycles. The highest BCUT2D eigenvalue weighted by molar-refractivity contribution is 7.99. The Morgan fingerprint density at radius 1 is 1.29 bits per heavy atom. The maximum atomic E-state index is 11.7. The largest absolute Gasteiger partial charge is 0.500 e. The first-order chi connectivity index (χ1) is 10.2. The molecule has 7 heteroatoms. The maximum Gasteiger partial charge on any atom is 0.500 e. The van der Waals surface area contributed by atoms with Crippen molar-refractivity contribution in [1.82, 2.24) is 0 Å². The Bertz CT molecular complexity index is 325. The summed E-state index contributed by atoms with van der Waals surface area (Å²) in [5, 5.41) is 0. The second-order valence-corrected chi connectivity index (χ2v) is 9.03. The van der Waals surface area contributed by atoms with Gasteiger partial charge in [-0.25, -0.2) is 0 Å². The SMILES string of the molecule is CO[Si](CCCSCC(=O)OC1C=CCCC1)(OC)OC. The van der Waals surface area contributed by atoms with Crippen LogP contribution in [0.4, 0.5) is 0 Å². The molecule has 0 aliphatic heterocycles. The number of esters is 1. The summed E-state index contributed by atoms with van der Waals surface area (Å²) in [7, 11) is 2.37. The zero-order valence-electron chi connectivity index (χ0n) is 13.1. The number of carbonyl (C=O) groups is 1. The van der Waals surface area contributed by atoms with Gasteiger partial charge in [0.1, 0.15) is 6.10 Å². The van der Waals surface area contributed by atoms with E-state index in [1.165, 1.54) is 0 Å². The van der Waals surface area contributed by atoms with E-state index in [2.05, 4.69) is 6.08 Å². The molecule has 1 rings (SSSR count). The Morgan fingerprint density at radius 3 is 2.57 bits per heavy atom. The molecular formula is C14H26O5SSi. The van der Waals surface area contributed by atoms with Crippen LogP contribution in [0.1, 0.15) is 25.7 Å². The molecule has 0 amide bonds. The van der Waals surface area contributed by atoms with Gasteiger partial charge in [-0.2, -0.15) is 11.8 Å². The third-order valence-corrected chi connectivity index (χ3v) is 7.27. The molecule has 0 heterocycles. The highest BCUT2D eigenvalue weighted by Crippen LogP contribution is 2.18. The van der Waals surface area contributed by atoms with Crippen molar-refractivity contribution in [1.29, 1.82) is 0 Å². The second kappa shape index (κ2) is 10.4. The summed E-state index contributed by atoms with van der Waals surface area (Å²) in [5.41, 5.74) is 0. The Labute approximate surface area is 132 Å². The Hall–Kier alpha value is -0.343. The van der Waals surface area contributed by atoms with Crippen molar-refractivity contribution in [2.24, 2.45) is 0 Å². The molecule has 21 heavy (non-hydrogen) atoms. The van der Waals surface area contributed by atoms with Gasteiger partial charge >= 0.3 is 14.8 Å². The Balaban J connectivity index is 2.11. The fraction of sp³-hybridized carbons (Fsp3) is 0.786. The lowest BCUT2D eigenvalue weighted by atomic mass is 10.1. The van der Waals surface area contributed by atoms with Crippen molar-refractivity contribution in [2.75, 3.05) is 32.8 Å². The maximum absolute atomic E-state index is 11.7. The highest BCUT2D eigenvalue weighted by Gasteiger charge is 2.36. The molecule has 0 bridgehead atoms. The summed E-state index contributed by atoms with van der Waals surface area (Å²) in [6.07, 6.45) is 8.06. The molecule has 0 N–H and O–H groups in total. The highest BCUT2D eigenvalue weighted by atomic mass is 32.2. The zero-order valence-corrected chi connectivity index (χ0v) is 14.9. The van der Waals surface area contributed by atoms with Gasteiger partial charge in [-0.05, 0) is 37.5 Å². The Kier molecular flexibility index (Phi) is 9.26. The van der Waals surface area contributed by atoms with Gasteiger partial charge in [0.15, 0.2) is 0 Å². The predicted octanol–water partition coefficient (Wildman–Crippen LogP) is 2.64. The molecule has 0 saturated carbocycles. The summed E-state index contributed by atoms with van der Waals surface area (Å²) in [4.78, 5) is 11.7. The van der Waals surface area contributed by atoms with Gasteiger partial charge in [-0.3, -0.25) is 4.79 Å². The molecule has 1 unspecified atom stereocenters. The van der Waals surface area contributed by atoms with E-state index in [9.17, 15) is 4.79 Å². The van der Waals surface area contributed by atoms with Crippen molar-refractivity contribution in [3.63, 3.8) is 0 Å². The minimum atomic E-state index is -2.47. The van der Waals surface area contributed by atoms with Crippen molar-refractivity contribution in [3.05, 3.63) is 12.2 Å². The number of ether oxygens (including phenoxy) is 1. The number of carbonyl (C=O) groups excluding carboxylic acids is 1. The zero-order chi connectivity index (χ0) is 15.6. The average Bonchev–Trinajstić information content (AvgIpc) is 2.52. The molecule has 0 spiro atoms. The standard InChI is InChI=1S/C14H26O5SSi/c1-16-21(17-2,18-3)11-7-10-20-12-14(15)19-13-8-5-4-6-9-13/h5,8,13H,4,6-7,9-12H2,1-3H3. The van der Waals surface area contributed by atoms with Gasteiger partial charge in [0, 0.05) is 27.4 Å². The normalized spacial score (nSPS) is 18.7. The number of allylic oxidation sites excluding steroid dienone is 1. The van der Waals surface area contributed by atoms with Crippen molar-refractivity contribution < 1.29 is 22.8 Å². The van der Waals surface area contributed by atoms with Crippen LogP contribution in [0, 0.1) is 0 Å². The van der Waals surface area contributed by atoms with Crippen LogP contribution in [0.2, 0.25) is 6.04 Å². The monoisotopic (exact) mass is 334 g/mol. The number of rotatable bonds is 10. The van der Waals surface area contributed by atoms with Gasteiger partial charge in [0.05, 0.1) is 5.75 Å². The molecule has 122 valence electrons. The van der Waals surface area contributed by atoms with Crippen molar-refractivity contribution in [3.8, 4) is 0 Å². The van der Waals surface area contributed by atoms with E-state index in [0.717, 1.165) is 37.5 Å². The smallest absolute Gasteiger partial charge is 0.458 e. The molecule has 0 saturated heterocycles. The van der Waals surface area contributed by atoms with Crippen LogP contribution in [0.15, 0.2) is 12.2 Å². The van der Waals surface area contributed by atoms with E-state index in [4.69, 9.17) is 18.0 Å². The van der Waals surface area contributed by atoms with Crippen LogP contribution in [0.5, 0.6) is 0 Å². The summed E-state index contributed by atoms with van der Waals surface area (Å²) >= 11 is 1.58. The predicted molar refractivity (Wildman–Crippen MR) is 86.4 cm³/mol. The fourth-order valence-corrected chi connectivity index (χ4v) is 4.89. The summed E-state index contributed by atoms with van der Waals surface area (Å²) < 4.78 is 21.4. The number of hydrogen-bond donors (Lipinski definition) is 0. The molecule has 1 atom stereocenters. The quantitative estimate of drug-likeness (QED) is 0.265. The molecule has 0 aromatic rings. The van der Waals surface area contributed by atoms with Gasteiger partial charge in [0.25, 0.3) is 0 Å². The van der Waals surface area contributed by atoms with E-state index >= 15 is 0 Å². The fourth-order valence-electron chi connectivity index (χ4n) is 2.18. The number of thioether (sulfide) groups is 1. The van der Waals surface area contributed by atoms with Crippen LogP contribution in [0.3, 0.4) is 0 Å². The first kappa shape index (κ1) is 18.7. The van der Waals surface area contributed by atoms with Crippen LogP contribution in [-0.4, -0.2) is 53.7 Å². The molecule has 0 radical (unpaired) electrons. The third-order valence-electron chi connectivity index (χ3n) is 3.42. The van der Waals surface area contributed by atoms with E-state index in [1.807, 2.05) is 6.08 Å². The molecular weight excluding hydrogens is 308 g/mol. The van der Waals surface area contributed by atoms with Crippen LogP contribution in [-0.2, 0) is 22.8 Å².